The largest absolute Gasteiger partial charge is 0.326 e. The highest BCUT2D eigenvalue weighted by Gasteiger charge is 2.11. The zero-order chi connectivity index (χ0) is 16.0. The second-order valence-electron chi connectivity index (χ2n) is 5.11. The van der Waals surface area contributed by atoms with Crippen LogP contribution in [0.15, 0.2) is 47.5 Å². The minimum absolute atomic E-state index is 0.218. The zero-order valence-corrected chi connectivity index (χ0v) is 12.1. The number of nitrogens with one attached hydrogen (secondary N) is 2. The number of anilines is 1. The van der Waals surface area contributed by atoms with E-state index in [-0.39, 0.29) is 11.6 Å². The number of amides is 1. The number of fused-ring (bicyclic) bond motifs is 2. The molecule has 1 amide bonds. The Morgan fingerprint density at radius 1 is 1.22 bits per heavy atom. The Bertz CT molecular complexity index is 1100. The van der Waals surface area contributed by atoms with Crippen LogP contribution < -0.4 is 11.0 Å². The molecule has 8 nitrogen and oxygen atoms in total. The number of benzene rings is 1. The SMILES string of the molecule is Cn1c(=O)[nH]c2cc(C(=O)Nc3ccnc4ccnn34)ccc21. The highest BCUT2D eigenvalue weighted by Crippen LogP contribution is 2.14. The minimum Gasteiger partial charge on any atom is -0.306 e. The summed E-state index contributed by atoms with van der Waals surface area (Å²) in [6, 6.07) is 8.47. The summed E-state index contributed by atoms with van der Waals surface area (Å²) in [5.41, 5.74) is 2.22. The average molecular weight is 308 g/mol. The van der Waals surface area contributed by atoms with E-state index in [1.165, 1.54) is 4.57 Å². The first-order chi connectivity index (χ1) is 11.1. The van der Waals surface area contributed by atoms with Crippen molar-refractivity contribution in [3.8, 4) is 0 Å². The lowest BCUT2D eigenvalue weighted by Crippen LogP contribution is -2.15. The van der Waals surface area contributed by atoms with Crippen LogP contribution in [0, 0.1) is 0 Å². The molecule has 114 valence electrons. The number of H-pyrrole nitrogens is 1. The quantitative estimate of drug-likeness (QED) is 0.580. The van der Waals surface area contributed by atoms with Gasteiger partial charge in [-0.25, -0.2) is 9.78 Å². The van der Waals surface area contributed by atoms with Gasteiger partial charge in [-0.2, -0.15) is 9.61 Å². The molecular weight excluding hydrogens is 296 g/mol. The maximum absolute atomic E-state index is 12.4. The molecule has 3 heterocycles. The van der Waals surface area contributed by atoms with Crippen molar-refractivity contribution in [1.29, 1.82) is 0 Å². The number of aryl methyl sites for hydroxylation is 1. The summed E-state index contributed by atoms with van der Waals surface area (Å²) in [6.45, 7) is 0. The molecule has 0 saturated heterocycles. The maximum Gasteiger partial charge on any atom is 0.326 e. The summed E-state index contributed by atoms with van der Waals surface area (Å²) in [5, 5.41) is 6.92. The van der Waals surface area contributed by atoms with E-state index in [0.717, 1.165) is 5.52 Å². The highest BCUT2D eigenvalue weighted by molar-refractivity contribution is 6.05. The Hall–Kier alpha value is -3.42. The second-order valence-corrected chi connectivity index (χ2v) is 5.11. The number of carbonyl (C=O) groups is 1. The summed E-state index contributed by atoms with van der Waals surface area (Å²) in [4.78, 5) is 30.9. The molecular formula is C15H12N6O2. The molecule has 0 unspecified atom stereocenters. The van der Waals surface area contributed by atoms with Gasteiger partial charge in [0.1, 0.15) is 5.82 Å². The predicted molar refractivity (Wildman–Crippen MR) is 84.5 cm³/mol. The van der Waals surface area contributed by atoms with Gasteiger partial charge < -0.3 is 10.3 Å². The molecule has 4 aromatic rings. The lowest BCUT2D eigenvalue weighted by molar-refractivity contribution is 0.102. The fraction of sp³-hybridized carbons (Fsp3) is 0.0667. The van der Waals surface area contributed by atoms with Gasteiger partial charge in [0.05, 0.1) is 17.2 Å². The fourth-order valence-electron chi connectivity index (χ4n) is 2.50. The van der Waals surface area contributed by atoms with Crippen LogP contribution in [0.1, 0.15) is 10.4 Å². The van der Waals surface area contributed by atoms with Crippen LogP contribution in [-0.4, -0.2) is 30.1 Å². The average Bonchev–Trinajstić information content (AvgIpc) is 3.13. The first kappa shape index (κ1) is 13.3. The van der Waals surface area contributed by atoms with E-state index in [4.69, 9.17) is 0 Å². The van der Waals surface area contributed by atoms with Crippen molar-refractivity contribution < 1.29 is 4.79 Å². The monoisotopic (exact) mass is 308 g/mol. The van der Waals surface area contributed by atoms with E-state index in [9.17, 15) is 9.59 Å². The van der Waals surface area contributed by atoms with E-state index >= 15 is 0 Å². The number of rotatable bonds is 2. The third-order valence-corrected chi connectivity index (χ3v) is 3.70. The molecule has 0 bridgehead atoms. The van der Waals surface area contributed by atoms with Gasteiger partial charge >= 0.3 is 5.69 Å². The van der Waals surface area contributed by atoms with Gasteiger partial charge in [0.2, 0.25) is 0 Å². The van der Waals surface area contributed by atoms with Crippen LogP contribution in [0.5, 0.6) is 0 Å². The summed E-state index contributed by atoms with van der Waals surface area (Å²) >= 11 is 0. The molecule has 2 N–H and O–H groups in total. The molecule has 0 radical (unpaired) electrons. The molecule has 4 rings (SSSR count). The molecule has 8 heteroatoms. The number of carbonyl (C=O) groups excluding carboxylic acids is 1. The number of hydrogen-bond donors (Lipinski definition) is 2. The van der Waals surface area contributed by atoms with Crippen molar-refractivity contribution in [3.05, 3.63) is 58.8 Å². The van der Waals surface area contributed by atoms with Crippen molar-refractivity contribution in [2.24, 2.45) is 7.05 Å². The molecule has 23 heavy (non-hydrogen) atoms. The Kier molecular flexibility index (Phi) is 2.77. The lowest BCUT2D eigenvalue weighted by atomic mass is 10.2. The van der Waals surface area contributed by atoms with E-state index in [1.54, 1.807) is 54.3 Å². The smallest absolute Gasteiger partial charge is 0.306 e. The Morgan fingerprint density at radius 2 is 2.09 bits per heavy atom. The molecule has 0 aliphatic rings. The topological polar surface area (TPSA) is 97.1 Å². The molecule has 0 aliphatic heterocycles. The van der Waals surface area contributed by atoms with Crippen molar-refractivity contribution in [2.75, 3.05) is 5.32 Å². The molecule has 0 aliphatic carbocycles. The van der Waals surface area contributed by atoms with E-state index in [2.05, 4.69) is 20.4 Å². The number of nitrogens with zero attached hydrogens (tertiary/aromatic N) is 4. The third-order valence-electron chi connectivity index (χ3n) is 3.70. The molecule has 0 spiro atoms. The van der Waals surface area contributed by atoms with Crippen molar-refractivity contribution >= 4 is 28.4 Å². The van der Waals surface area contributed by atoms with Crippen LogP contribution in [0.2, 0.25) is 0 Å². The van der Waals surface area contributed by atoms with Crippen LogP contribution in [0.25, 0.3) is 16.7 Å². The van der Waals surface area contributed by atoms with Crippen LogP contribution in [0.3, 0.4) is 0 Å². The summed E-state index contributed by atoms with van der Waals surface area (Å²) in [5.74, 6) is 0.228. The van der Waals surface area contributed by atoms with E-state index < -0.39 is 0 Å². The second kappa shape index (κ2) is 4.80. The first-order valence-electron chi connectivity index (χ1n) is 6.92. The van der Waals surface area contributed by atoms with Crippen molar-refractivity contribution in [2.45, 2.75) is 0 Å². The molecule has 1 aromatic carbocycles. The third kappa shape index (κ3) is 2.08. The standard InChI is InChI=1S/C15H12N6O2/c1-20-11-3-2-9(8-10(11)18-15(20)23)14(22)19-13-4-6-16-12-5-7-17-21(12)13/h2-8H,1H3,(H,18,23)(H,19,22). The molecule has 0 fully saturated rings. The van der Waals surface area contributed by atoms with Gasteiger partial charge in [0.25, 0.3) is 5.91 Å². The Labute approximate surface area is 129 Å². The number of aromatic nitrogens is 5. The number of imidazole rings is 1. The summed E-state index contributed by atoms with van der Waals surface area (Å²) in [7, 11) is 1.67. The van der Waals surface area contributed by atoms with E-state index in [0.29, 0.717) is 22.5 Å². The van der Waals surface area contributed by atoms with Crippen LogP contribution in [0.4, 0.5) is 5.82 Å². The number of aromatic amines is 1. The van der Waals surface area contributed by atoms with Gasteiger partial charge in [-0.05, 0) is 24.3 Å². The maximum atomic E-state index is 12.4. The lowest BCUT2D eigenvalue weighted by Gasteiger charge is -2.07. The van der Waals surface area contributed by atoms with Gasteiger partial charge in [0.15, 0.2) is 5.65 Å². The summed E-state index contributed by atoms with van der Waals surface area (Å²) < 4.78 is 3.04. The Morgan fingerprint density at radius 3 is 2.96 bits per heavy atom. The van der Waals surface area contributed by atoms with Gasteiger partial charge in [-0.3, -0.25) is 9.36 Å². The highest BCUT2D eigenvalue weighted by atomic mass is 16.2. The molecule has 0 atom stereocenters. The molecule has 0 saturated carbocycles. The summed E-state index contributed by atoms with van der Waals surface area (Å²) in [6.07, 6.45) is 3.21. The normalized spacial score (nSPS) is 11.2. The first-order valence-corrected chi connectivity index (χ1v) is 6.92. The Balaban J connectivity index is 1.72. The fourth-order valence-corrected chi connectivity index (χ4v) is 2.50. The minimum atomic E-state index is -0.292. The number of hydrogen-bond acceptors (Lipinski definition) is 4. The van der Waals surface area contributed by atoms with E-state index in [1.807, 2.05) is 0 Å². The van der Waals surface area contributed by atoms with Crippen molar-refractivity contribution in [1.82, 2.24) is 24.1 Å². The van der Waals surface area contributed by atoms with Crippen LogP contribution >= 0.6 is 0 Å². The predicted octanol–water partition coefficient (Wildman–Crippen LogP) is 1.16. The molecule has 3 aromatic heterocycles. The van der Waals surface area contributed by atoms with Gasteiger partial charge in [0, 0.05) is 24.9 Å². The van der Waals surface area contributed by atoms with Crippen LogP contribution in [-0.2, 0) is 7.05 Å². The van der Waals surface area contributed by atoms with Crippen molar-refractivity contribution in [3.63, 3.8) is 0 Å². The van der Waals surface area contributed by atoms with Gasteiger partial charge in [-0.1, -0.05) is 0 Å². The zero-order valence-electron chi connectivity index (χ0n) is 12.1. The van der Waals surface area contributed by atoms with Gasteiger partial charge in [-0.15, -0.1) is 0 Å².